The van der Waals surface area contributed by atoms with Gasteiger partial charge < -0.3 is 20.1 Å². The molecule has 106 valence electrons. The van der Waals surface area contributed by atoms with Crippen molar-refractivity contribution < 1.29 is 9.47 Å². The highest BCUT2D eigenvalue weighted by Crippen LogP contribution is 2.16. The molecule has 0 radical (unpaired) electrons. The molecule has 2 aromatic rings. The lowest BCUT2D eigenvalue weighted by Gasteiger charge is -2.17. The molecule has 1 heterocycles. The van der Waals surface area contributed by atoms with E-state index in [0.717, 1.165) is 11.3 Å². The zero-order valence-corrected chi connectivity index (χ0v) is 11.7. The van der Waals surface area contributed by atoms with Gasteiger partial charge in [0.15, 0.2) is 0 Å². The van der Waals surface area contributed by atoms with Crippen LogP contribution >= 0.6 is 0 Å². The Bertz CT molecular complexity index is 573. The molecule has 0 aliphatic rings. The molecular formula is C13H17N5O2. The topological polar surface area (TPSA) is 86.4 Å². The smallest absolute Gasteiger partial charge is 0.322 e. The minimum Gasteiger partial charge on any atom is -0.497 e. The van der Waals surface area contributed by atoms with Crippen molar-refractivity contribution in [3.05, 3.63) is 29.8 Å². The van der Waals surface area contributed by atoms with Gasteiger partial charge in [0.2, 0.25) is 11.9 Å². The molecule has 1 aromatic carbocycles. The van der Waals surface area contributed by atoms with Crippen LogP contribution in [0.3, 0.4) is 0 Å². The average Bonchev–Trinajstić information content (AvgIpc) is 2.47. The Labute approximate surface area is 117 Å². The monoisotopic (exact) mass is 275 g/mol. The van der Waals surface area contributed by atoms with Gasteiger partial charge >= 0.3 is 6.01 Å². The predicted molar refractivity (Wildman–Crippen MR) is 75.9 cm³/mol. The van der Waals surface area contributed by atoms with E-state index in [-0.39, 0.29) is 12.0 Å². The quantitative estimate of drug-likeness (QED) is 0.874. The van der Waals surface area contributed by atoms with Gasteiger partial charge in [0.25, 0.3) is 0 Å². The molecule has 1 aromatic heterocycles. The summed E-state index contributed by atoms with van der Waals surface area (Å²) in [5.74, 6) is 1.42. The van der Waals surface area contributed by atoms with Crippen LogP contribution in [-0.4, -0.2) is 36.2 Å². The van der Waals surface area contributed by atoms with E-state index in [9.17, 15) is 0 Å². The molecule has 0 fully saturated rings. The first kappa shape index (κ1) is 13.9. The fraction of sp³-hybridized carbons (Fsp3) is 0.308. The molecule has 0 spiro atoms. The van der Waals surface area contributed by atoms with E-state index in [1.165, 1.54) is 7.11 Å². The molecule has 0 aliphatic carbocycles. The Morgan fingerprint density at radius 1 is 1.05 bits per heavy atom. The number of nitrogens with two attached hydrogens (primary N) is 1. The lowest BCUT2D eigenvalue weighted by molar-refractivity contribution is 0.379. The van der Waals surface area contributed by atoms with E-state index in [1.807, 2.05) is 36.2 Å². The molecule has 0 bridgehead atoms. The summed E-state index contributed by atoms with van der Waals surface area (Å²) >= 11 is 0. The van der Waals surface area contributed by atoms with Crippen LogP contribution in [0, 0.1) is 0 Å². The van der Waals surface area contributed by atoms with Crippen LogP contribution in [0.5, 0.6) is 11.8 Å². The highest BCUT2D eigenvalue weighted by atomic mass is 16.5. The Morgan fingerprint density at radius 2 is 1.75 bits per heavy atom. The van der Waals surface area contributed by atoms with Gasteiger partial charge in [-0.2, -0.15) is 15.0 Å². The molecule has 0 aliphatic heterocycles. The second-order valence-corrected chi connectivity index (χ2v) is 4.18. The maximum atomic E-state index is 5.62. The Kier molecular flexibility index (Phi) is 4.19. The van der Waals surface area contributed by atoms with E-state index >= 15 is 0 Å². The largest absolute Gasteiger partial charge is 0.497 e. The fourth-order valence-corrected chi connectivity index (χ4v) is 1.70. The third kappa shape index (κ3) is 3.25. The van der Waals surface area contributed by atoms with Crippen molar-refractivity contribution in [1.82, 2.24) is 15.0 Å². The summed E-state index contributed by atoms with van der Waals surface area (Å²) in [6.07, 6.45) is 0. The first-order valence-corrected chi connectivity index (χ1v) is 6.02. The summed E-state index contributed by atoms with van der Waals surface area (Å²) in [7, 11) is 5.00. The molecule has 7 nitrogen and oxygen atoms in total. The van der Waals surface area contributed by atoms with E-state index in [1.54, 1.807) is 7.11 Å². The Balaban J connectivity index is 2.14. The average molecular weight is 275 g/mol. The number of nitrogen functional groups attached to an aromatic ring is 1. The summed E-state index contributed by atoms with van der Waals surface area (Å²) in [6.45, 7) is 0.636. The molecule has 2 rings (SSSR count). The highest BCUT2D eigenvalue weighted by molar-refractivity contribution is 5.37. The fourth-order valence-electron chi connectivity index (χ4n) is 1.70. The summed E-state index contributed by atoms with van der Waals surface area (Å²) in [5, 5.41) is 0. The van der Waals surface area contributed by atoms with Gasteiger partial charge in [-0.3, -0.25) is 0 Å². The lowest BCUT2D eigenvalue weighted by Crippen LogP contribution is -2.20. The van der Waals surface area contributed by atoms with Crippen LogP contribution < -0.4 is 20.1 Å². The summed E-state index contributed by atoms with van der Waals surface area (Å²) in [5.41, 5.74) is 6.72. The minimum atomic E-state index is 0.133. The number of rotatable bonds is 5. The van der Waals surface area contributed by atoms with Crippen molar-refractivity contribution in [2.75, 3.05) is 31.9 Å². The second-order valence-electron chi connectivity index (χ2n) is 4.18. The normalized spacial score (nSPS) is 10.2. The number of aromatic nitrogens is 3. The zero-order chi connectivity index (χ0) is 14.5. The van der Waals surface area contributed by atoms with Crippen molar-refractivity contribution >= 4 is 11.9 Å². The van der Waals surface area contributed by atoms with Gasteiger partial charge in [-0.1, -0.05) is 12.1 Å². The minimum absolute atomic E-state index is 0.133. The first-order valence-electron chi connectivity index (χ1n) is 6.02. The molecular weight excluding hydrogens is 258 g/mol. The molecule has 2 N–H and O–H groups in total. The van der Waals surface area contributed by atoms with Crippen LogP contribution in [0.1, 0.15) is 5.56 Å². The molecule has 7 heteroatoms. The standard InChI is InChI=1S/C13H17N5O2/c1-18(8-9-4-6-10(19-2)7-5-9)12-15-11(14)16-13(17-12)20-3/h4-7H,8H2,1-3H3,(H2,14,15,16,17). The number of hydrogen-bond acceptors (Lipinski definition) is 7. The third-order valence-corrected chi connectivity index (χ3v) is 2.72. The molecule has 0 saturated heterocycles. The number of anilines is 2. The van der Waals surface area contributed by atoms with Gasteiger partial charge in [0.1, 0.15) is 5.75 Å². The van der Waals surface area contributed by atoms with Crippen LogP contribution in [0.4, 0.5) is 11.9 Å². The van der Waals surface area contributed by atoms with Crippen molar-refractivity contribution in [1.29, 1.82) is 0 Å². The molecule has 0 atom stereocenters. The lowest BCUT2D eigenvalue weighted by atomic mass is 10.2. The number of benzene rings is 1. The first-order chi connectivity index (χ1) is 9.62. The van der Waals surface area contributed by atoms with Gasteiger partial charge in [0, 0.05) is 13.6 Å². The van der Waals surface area contributed by atoms with Crippen LogP contribution in [0.15, 0.2) is 24.3 Å². The predicted octanol–water partition coefficient (Wildman–Crippen LogP) is 1.11. The summed E-state index contributed by atoms with van der Waals surface area (Å²) < 4.78 is 10.1. The molecule has 0 unspecified atom stereocenters. The van der Waals surface area contributed by atoms with Crippen LogP contribution in [-0.2, 0) is 6.54 Å². The van der Waals surface area contributed by atoms with Crippen molar-refractivity contribution in [3.8, 4) is 11.8 Å². The van der Waals surface area contributed by atoms with E-state index in [2.05, 4.69) is 15.0 Å². The maximum absolute atomic E-state index is 5.62. The van der Waals surface area contributed by atoms with Crippen molar-refractivity contribution in [2.45, 2.75) is 6.54 Å². The van der Waals surface area contributed by atoms with Crippen molar-refractivity contribution in [2.24, 2.45) is 0 Å². The van der Waals surface area contributed by atoms with E-state index in [0.29, 0.717) is 12.5 Å². The van der Waals surface area contributed by atoms with Crippen molar-refractivity contribution in [3.63, 3.8) is 0 Å². The molecule has 0 saturated carbocycles. The number of ether oxygens (including phenoxy) is 2. The third-order valence-electron chi connectivity index (χ3n) is 2.72. The summed E-state index contributed by atoms with van der Waals surface area (Å²) in [6, 6.07) is 7.99. The second kappa shape index (κ2) is 6.05. The SMILES string of the molecule is COc1ccc(CN(C)c2nc(N)nc(OC)n2)cc1. The number of nitrogens with zero attached hydrogens (tertiary/aromatic N) is 4. The highest BCUT2D eigenvalue weighted by Gasteiger charge is 2.09. The number of hydrogen-bond donors (Lipinski definition) is 1. The van der Waals surface area contributed by atoms with Gasteiger partial charge in [-0.25, -0.2) is 0 Å². The van der Waals surface area contributed by atoms with E-state index < -0.39 is 0 Å². The Morgan fingerprint density at radius 3 is 2.35 bits per heavy atom. The van der Waals surface area contributed by atoms with E-state index in [4.69, 9.17) is 15.2 Å². The van der Waals surface area contributed by atoms with Gasteiger partial charge in [0.05, 0.1) is 14.2 Å². The van der Waals surface area contributed by atoms with Gasteiger partial charge in [-0.15, -0.1) is 0 Å². The van der Waals surface area contributed by atoms with Crippen LogP contribution in [0.25, 0.3) is 0 Å². The molecule has 20 heavy (non-hydrogen) atoms. The molecule has 0 amide bonds. The van der Waals surface area contributed by atoms with Crippen LogP contribution in [0.2, 0.25) is 0 Å². The van der Waals surface area contributed by atoms with Gasteiger partial charge in [-0.05, 0) is 17.7 Å². The number of methoxy groups -OCH3 is 2. The zero-order valence-electron chi connectivity index (χ0n) is 11.7. The Hall–Kier alpha value is -2.57. The maximum Gasteiger partial charge on any atom is 0.322 e. The summed E-state index contributed by atoms with van der Waals surface area (Å²) in [4.78, 5) is 14.0.